The molecule has 21 heavy (non-hydrogen) atoms. The molecule has 0 aliphatic heterocycles. The van der Waals surface area contributed by atoms with E-state index in [0.717, 1.165) is 37.8 Å². The summed E-state index contributed by atoms with van der Waals surface area (Å²) >= 11 is 0. The fourth-order valence-corrected chi connectivity index (χ4v) is 2.62. The molecule has 0 radical (unpaired) electrons. The summed E-state index contributed by atoms with van der Waals surface area (Å²) < 4.78 is 38.6. The number of rotatable bonds is 3. The summed E-state index contributed by atoms with van der Waals surface area (Å²) in [5.41, 5.74) is -1.76. The van der Waals surface area contributed by atoms with Crippen LogP contribution in [0.1, 0.15) is 43.2 Å². The molecule has 6 heteroatoms. The SMILES string of the molecule is O=[N+]([O-])c1ccc(/C=C/C2CCCCC2)cc1C(F)(F)F. The average molecular weight is 299 g/mol. The van der Waals surface area contributed by atoms with Gasteiger partial charge in [-0.3, -0.25) is 10.1 Å². The highest BCUT2D eigenvalue weighted by Gasteiger charge is 2.38. The van der Waals surface area contributed by atoms with Crippen molar-refractivity contribution in [2.45, 2.75) is 38.3 Å². The Labute approximate surface area is 120 Å². The van der Waals surface area contributed by atoms with Crippen LogP contribution in [0.4, 0.5) is 18.9 Å². The van der Waals surface area contributed by atoms with Crippen LogP contribution in [-0.4, -0.2) is 4.92 Å². The Morgan fingerprint density at radius 3 is 2.43 bits per heavy atom. The van der Waals surface area contributed by atoms with Crippen LogP contribution >= 0.6 is 0 Å². The number of nitro benzene ring substituents is 1. The predicted molar refractivity (Wildman–Crippen MR) is 73.7 cm³/mol. The predicted octanol–water partition coefficient (Wildman–Crippen LogP) is 5.21. The van der Waals surface area contributed by atoms with Crippen LogP contribution in [-0.2, 0) is 6.18 Å². The smallest absolute Gasteiger partial charge is 0.258 e. The summed E-state index contributed by atoms with van der Waals surface area (Å²) in [6.07, 6.45) is 4.42. The Hall–Kier alpha value is -1.85. The van der Waals surface area contributed by atoms with Crippen LogP contribution < -0.4 is 0 Å². The van der Waals surface area contributed by atoms with Crippen LogP contribution in [0.2, 0.25) is 0 Å². The summed E-state index contributed by atoms with van der Waals surface area (Å²) in [6, 6.07) is 3.12. The van der Waals surface area contributed by atoms with Crippen LogP contribution in [0.3, 0.4) is 0 Å². The van der Waals surface area contributed by atoms with E-state index in [4.69, 9.17) is 0 Å². The van der Waals surface area contributed by atoms with Gasteiger partial charge in [-0.15, -0.1) is 0 Å². The second-order valence-corrected chi connectivity index (χ2v) is 5.29. The van der Waals surface area contributed by atoms with E-state index in [2.05, 4.69) is 0 Å². The van der Waals surface area contributed by atoms with Crippen molar-refractivity contribution >= 4 is 11.8 Å². The molecule has 0 unspecified atom stereocenters. The Kier molecular flexibility index (Phi) is 4.65. The van der Waals surface area contributed by atoms with Crippen LogP contribution in [0.5, 0.6) is 0 Å². The minimum Gasteiger partial charge on any atom is -0.258 e. The van der Waals surface area contributed by atoms with E-state index in [-0.39, 0.29) is 0 Å². The van der Waals surface area contributed by atoms with E-state index < -0.39 is 22.4 Å². The molecule has 1 fully saturated rings. The van der Waals surface area contributed by atoms with Gasteiger partial charge in [-0.1, -0.05) is 31.4 Å². The van der Waals surface area contributed by atoms with Crippen molar-refractivity contribution in [1.82, 2.24) is 0 Å². The number of alkyl halides is 3. The number of nitro groups is 1. The molecule has 2 rings (SSSR count). The normalized spacial score (nSPS) is 17.3. The molecule has 1 aliphatic rings. The van der Waals surface area contributed by atoms with Crippen LogP contribution in [0.15, 0.2) is 24.3 Å². The molecule has 0 saturated heterocycles. The third-order valence-corrected chi connectivity index (χ3v) is 3.73. The first kappa shape index (κ1) is 15.5. The van der Waals surface area contributed by atoms with Gasteiger partial charge in [-0.2, -0.15) is 13.2 Å². The van der Waals surface area contributed by atoms with Gasteiger partial charge in [0.2, 0.25) is 0 Å². The Morgan fingerprint density at radius 1 is 1.19 bits per heavy atom. The number of allylic oxidation sites excluding steroid dienone is 1. The highest BCUT2D eigenvalue weighted by atomic mass is 19.4. The number of nitrogens with zero attached hydrogens (tertiary/aromatic N) is 1. The standard InChI is InChI=1S/C15H16F3NO2/c16-15(17,18)13-10-12(8-9-14(13)19(20)21)7-6-11-4-2-1-3-5-11/h6-11H,1-5H2/b7-6+. The molecule has 1 aliphatic carbocycles. The number of hydrogen-bond donors (Lipinski definition) is 0. The van der Waals surface area contributed by atoms with Gasteiger partial charge in [-0.05, 0) is 36.5 Å². The molecule has 1 saturated carbocycles. The van der Waals surface area contributed by atoms with E-state index in [1.54, 1.807) is 6.08 Å². The first-order valence-electron chi connectivity index (χ1n) is 6.92. The molecule has 0 heterocycles. The molecule has 1 aromatic rings. The first-order valence-corrected chi connectivity index (χ1v) is 6.92. The van der Waals surface area contributed by atoms with E-state index in [1.165, 1.54) is 12.5 Å². The molecule has 0 N–H and O–H groups in total. The summed E-state index contributed by atoms with van der Waals surface area (Å²) in [6.45, 7) is 0. The lowest BCUT2D eigenvalue weighted by Crippen LogP contribution is -2.09. The highest BCUT2D eigenvalue weighted by Crippen LogP contribution is 2.37. The highest BCUT2D eigenvalue weighted by molar-refractivity contribution is 5.56. The van der Waals surface area contributed by atoms with E-state index in [9.17, 15) is 23.3 Å². The third-order valence-electron chi connectivity index (χ3n) is 3.73. The molecule has 0 spiro atoms. The van der Waals surface area contributed by atoms with Gasteiger partial charge in [0.15, 0.2) is 0 Å². The Bertz CT molecular complexity index is 546. The molecule has 1 aromatic carbocycles. The maximum atomic E-state index is 12.9. The Morgan fingerprint density at radius 2 is 1.86 bits per heavy atom. The van der Waals surface area contributed by atoms with E-state index in [0.29, 0.717) is 11.5 Å². The lowest BCUT2D eigenvalue weighted by molar-refractivity contribution is -0.388. The lowest BCUT2D eigenvalue weighted by atomic mass is 9.88. The minimum atomic E-state index is -4.73. The van der Waals surface area contributed by atoms with Gasteiger partial charge in [0, 0.05) is 6.07 Å². The van der Waals surface area contributed by atoms with E-state index in [1.807, 2.05) is 6.08 Å². The molecule has 3 nitrogen and oxygen atoms in total. The largest absolute Gasteiger partial charge is 0.423 e. The number of benzene rings is 1. The van der Waals surface area contributed by atoms with Gasteiger partial charge in [0.05, 0.1) is 4.92 Å². The molecule has 0 bridgehead atoms. The molecule has 114 valence electrons. The maximum absolute atomic E-state index is 12.9. The van der Waals surface area contributed by atoms with Crippen molar-refractivity contribution in [3.8, 4) is 0 Å². The van der Waals surface area contributed by atoms with Gasteiger partial charge >= 0.3 is 6.18 Å². The number of hydrogen-bond acceptors (Lipinski definition) is 2. The fourth-order valence-electron chi connectivity index (χ4n) is 2.62. The lowest BCUT2D eigenvalue weighted by Gasteiger charge is -2.17. The quantitative estimate of drug-likeness (QED) is 0.568. The zero-order chi connectivity index (χ0) is 15.5. The number of halogens is 3. The zero-order valence-electron chi connectivity index (χ0n) is 11.4. The van der Waals surface area contributed by atoms with Crippen molar-refractivity contribution < 1.29 is 18.1 Å². The van der Waals surface area contributed by atoms with Gasteiger partial charge in [0.1, 0.15) is 5.56 Å². The molecule has 0 amide bonds. The summed E-state index contributed by atoms with van der Waals surface area (Å²) in [5, 5.41) is 10.7. The third kappa shape index (κ3) is 4.06. The van der Waals surface area contributed by atoms with Gasteiger partial charge in [-0.25, -0.2) is 0 Å². The Balaban J connectivity index is 2.25. The van der Waals surface area contributed by atoms with Crippen molar-refractivity contribution in [2.24, 2.45) is 5.92 Å². The molecule has 0 atom stereocenters. The molecular weight excluding hydrogens is 283 g/mol. The van der Waals surface area contributed by atoms with Crippen molar-refractivity contribution in [3.63, 3.8) is 0 Å². The van der Waals surface area contributed by atoms with Crippen LogP contribution in [0, 0.1) is 16.0 Å². The second kappa shape index (κ2) is 6.28. The summed E-state index contributed by atoms with van der Waals surface area (Å²) in [7, 11) is 0. The first-order chi connectivity index (χ1) is 9.88. The second-order valence-electron chi connectivity index (χ2n) is 5.29. The summed E-state index contributed by atoms with van der Waals surface area (Å²) in [5.74, 6) is 0.392. The molecule has 0 aromatic heterocycles. The zero-order valence-corrected chi connectivity index (χ0v) is 11.4. The minimum absolute atomic E-state index is 0.346. The maximum Gasteiger partial charge on any atom is 0.423 e. The van der Waals surface area contributed by atoms with E-state index >= 15 is 0 Å². The average Bonchev–Trinajstić information content (AvgIpc) is 2.45. The monoisotopic (exact) mass is 299 g/mol. The van der Waals surface area contributed by atoms with Crippen molar-refractivity contribution in [1.29, 1.82) is 0 Å². The topological polar surface area (TPSA) is 43.1 Å². The van der Waals surface area contributed by atoms with Crippen LogP contribution in [0.25, 0.3) is 6.08 Å². The van der Waals surface area contributed by atoms with Crippen molar-refractivity contribution in [3.05, 3.63) is 45.5 Å². The van der Waals surface area contributed by atoms with Gasteiger partial charge in [0.25, 0.3) is 5.69 Å². The van der Waals surface area contributed by atoms with Gasteiger partial charge < -0.3 is 0 Å². The summed E-state index contributed by atoms with van der Waals surface area (Å²) in [4.78, 5) is 9.67. The van der Waals surface area contributed by atoms with Crippen molar-refractivity contribution in [2.75, 3.05) is 0 Å². The molecular formula is C15H16F3NO2. The fraction of sp³-hybridized carbons (Fsp3) is 0.467.